The average Bonchev–Trinajstić information content (AvgIpc) is 2.75. The molecule has 1 aromatic rings. The maximum absolute atomic E-state index is 12.0. The van der Waals surface area contributed by atoms with E-state index in [0.717, 1.165) is 5.56 Å². The van der Waals surface area contributed by atoms with Crippen molar-refractivity contribution in [2.75, 3.05) is 19.6 Å². The second-order valence-electron chi connectivity index (χ2n) is 4.79. The Hall–Kier alpha value is -0.950. The molecule has 1 aromatic carbocycles. The van der Waals surface area contributed by atoms with Crippen LogP contribution in [0.1, 0.15) is 12.0 Å². The summed E-state index contributed by atoms with van der Waals surface area (Å²) < 4.78 is 26.5. The van der Waals surface area contributed by atoms with Crippen LogP contribution in [0.3, 0.4) is 0 Å². The van der Waals surface area contributed by atoms with Crippen LogP contribution in [0.2, 0.25) is 0 Å². The molecule has 5 nitrogen and oxygen atoms in total. The minimum Gasteiger partial charge on any atom is -0.387 e. The summed E-state index contributed by atoms with van der Waals surface area (Å²) in [4.78, 5) is 0.225. The van der Waals surface area contributed by atoms with Gasteiger partial charge in [0.25, 0.3) is 0 Å². The van der Waals surface area contributed by atoms with Crippen LogP contribution in [0.25, 0.3) is 0 Å². The fourth-order valence-electron chi connectivity index (χ4n) is 1.91. The van der Waals surface area contributed by atoms with Crippen molar-refractivity contribution in [3.8, 4) is 0 Å². The van der Waals surface area contributed by atoms with Gasteiger partial charge >= 0.3 is 0 Å². The highest BCUT2D eigenvalue weighted by Crippen LogP contribution is 2.15. The molecule has 0 aromatic heterocycles. The molecule has 1 unspecified atom stereocenters. The van der Waals surface area contributed by atoms with E-state index in [9.17, 15) is 13.5 Å². The Morgan fingerprint density at radius 1 is 1.39 bits per heavy atom. The van der Waals surface area contributed by atoms with Crippen LogP contribution in [0.15, 0.2) is 29.2 Å². The van der Waals surface area contributed by atoms with Crippen LogP contribution in [0.4, 0.5) is 0 Å². The van der Waals surface area contributed by atoms with Gasteiger partial charge in [-0.3, -0.25) is 0 Å². The Bertz CT molecular complexity index is 505. The number of aryl methyl sites for hydroxylation is 1. The predicted octanol–water partition coefficient (Wildman–Crippen LogP) is -0.00228. The van der Waals surface area contributed by atoms with Gasteiger partial charge in [-0.2, -0.15) is 0 Å². The molecule has 0 radical (unpaired) electrons. The Morgan fingerprint density at radius 2 is 2.06 bits per heavy atom. The SMILES string of the molecule is Cc1ccc(S(=O)(=O)NCC2(O)CCNC2)cc1. The Morgan fingerprint density at radius 3 is 2.61 bits per heavy atom. The molecule has 0 amide bonds. The molecular weight excluding hydrogens is 252 g/mol. The highest BCUT2D eigenvalue weighted by Gasteiger charge is 2.32. The van der Waals surface area contributed by atoms with Crippen molar-refractivity contribution in [2.24, 2.45) is 0 Å². The van der Waals surface area contributed by atoms with Gasteiger partial charge in [0, 0.05) is 13.1 Å². The Balaban J connectivity index is 2.05. The molecule has 3 N–H and O–H groups in total. The van der Waals surface area contributed by atoms with E-state index in [1.807, 2.05) is 6.92 Å². The van der Waals surface area contributed by atoms with Gasteiger partial charge in [-0.15, -0.1) is 0 Å². The first kappa shape index (κ1) is 13.5. The van der Waals surface area contributed by atoms with Gasteiger partial charge in [0.05, 0.1) is 10.5 Å². The quantitative estimate of drug-likeness (QED) is 0.719. The van der Waals surface area contributed by atoms with E-state index in [0.29, 0.717) is 19.5 Å². The summed E-state index contributed by atoms with van der Waals surface area (Å²) in [5.41, 5.74) is 0.0326. The first-order valence-electron chi connectivity index (χ1n) is 5.91. The minimum absolute atomic E-state index is 0.0379. The van der Waals surface area contributed by atoms with E-state index in [2.05, 4.69) is 10.0 Å². The molecule has 0 spiro atoms. The fraction of sp³-hybridized carbons (Fsp3) is 0.500. The summed E-state index contributed by atoms with van der Waals surface area (Å²) in [6.07, 6.45) is 0.559. The molecule has 2 rings (SSSR count). The monoisotopic (exact) mass is 270 g/mol. The summed E-state index contributed by atoms with van der Waals surface area (Å²) >= 11 is 0. The third-order valence-corrected chi connectivity index (χ3v) is 4.56. The molecule has 18 heavy (non-hydrogen) atoms. The van der Waals surface area contributed by atoms with Gasteiger partial charge in [-0.25, -0.2) is 13.1 Å². The summed E-state index contributed by atoms with van der Waals surface area (Å²) in [5, 5.41) is 13.1. The molecule has 1 fully saturated rings. The Kier molecular flexibility index (Phi) is 3.72. The lowest BCUT2D eigenvalue weighted by atomic mass is 10.1. The maximum Gasteiger partial charge on any atom is 0.240 e. The topological polar surface area (TPSA) is 78.4 Å². The average molecular weight is 270 g/mol. The van der Waals surface area contributed by atoms with Crippen LogP contribution in [-0.2, 0) is 10.0 Å². The Labute approximate surface area is 107 Å². The number of hydrogen-bond donors (Lipinski definition) is 3. The highest BCUT2D eigenvalue weighted by atomic mass is 32.2. The number of rotatable bonds is 4. The van der Waals surface area contributed by atoms with Gasteiger partial charge in [0.1, 0.15) is 0 Å². The smallest absolute Gasteiger partial charge is 0.240 e. The lowest BCUT2D eigenvalue weighted by Gasteiger charge is -2.21. The van der Waals surface area contributed by atoms with Crippen molar-refractivity contribution in [1.82, 2.24) is 10.0 Å². The molecule has 1 aliphatic rings. The highest BCUT2D eigenvalue weighted by molar-refractivity contribution is 7.89. The van der Waals surface area contributed by atoms with E-state index >= 15 is 0 Å². The fourth-order valence-corrected chi connectivity index (χ4v) is 3.03. The second kappa shape index (κ2) is 4.97. The first-order chi connectivity index (χ1) is 8.41. The third kappa shape index (κ3) is 3.08. The minimum atomic E-state index is -3.54. The van der Waals surface area contributed by atoms with Crippen molar-refractivity contribution < 1.29 is 13.5 Å². The number of aliphatic hydroxyl groups is 1. The summed E-state index contributed by atoms with van der Waals surface area (Å²) in [7, 11) is -3.54. The predicted molar refractivity (Wildman–Crippen MR) is 68.8 cm³/mol. The summed E-state index contributed by atoms with van der Waals surface area (Å²) in [5.74, 6) is 0. The van der Waals surface area contributed by atoms with Gasteiger partial charge in [0.2, 0.25) is 10.0 Å². The molecular formula is C12H18N2O3S. The third-order valence-electron chi connectivity index (χ3n) is 3.14. The van der Waals surface area contributed by atoms with Crippen molar-refractivity contribution >= 4 is 10.0 Å². The van der Waals surface area contributed by atoms with Crippen LogP contribution >= 0.6 is 0 Å². The lowest BCUT2D eigenvalue weighted by molar-refractivity contribution is 0.0667. The molecule has 100 valence electrons. The van der Waals surface area contributed by atoms with E-state index in [1.165, 1.54) is 0 Å². The van der Waals surface area contributed by atoms with E-state index in [1.54, 1.807) is 24.3 Å². The van der Waals surface area contributed by atoms with Crippen molar-refractivity contribution in [3.05, 3.63) is 29.8 Å². The van der Waals surface area contributed by atoms with E-state index in [-0.39, 0.29) is 11.4 Å². The number of β-amino-alcohol motifs (C(OH)–C–C–N with tert-alkyl or cyclic N) is 1. The van der Waals surface area contributed by atoms with Crippen molar-refractivity contribution in [1.29, 1.82) is 0 Å². The molecule has 1 aliphatic heterocycles. The largest absolute Gasteiger partial charge is 0.387 e. The van der Waals surface area contributed by atoms with Crippen LogP contribution in [0, 0.1) is 6.92 Å². The number of nitrogens with one attached hydrogen (secondary N) is 2. The molecule has 6 heteroatoms. The van der Waals surface area contributed by atoms with Crippen molar-refractivity contribution in [2.45, 2.75) is 23.8 Å². The van der Waals surface area contributed by atoms with Gasteiger partial charge in [-0.05, 0) is 32.0 Å². The molecule has 1 atom stereocenters. The first-order valence-corrected chi connectivity index (χ1v) is 7.39. The summed E-state index contributed by atoms with van der Waals surface area (Å²) in [6.45, 7) is 3.07. The molecule has 0 aliphatic carbocycles. The van der Waals surface area contributed by atoms with Gasteiger partial charge < -0.3 is 10.4 Å². The normalized spacial score (nSPS) is 24.3. The molecule has 1 saturated heterocycles. The van der Waals surface area contributed by atoms with Crippen LogP contribution in [-0.4, -0.2) is 38.8 Å². The zero-order valence-corrected chi connectivity index (χ0v) is 11.1. The van der Waals surface area contributed by atoms with Crippen molar-refractivity contribution in [3.63, 3.8) is 0 Å². The molecule has 0 bridgehead atoms. The number of sulfonamides is 1. The zero-order chi connectivity index (χ0) is 13.2. The second-order valence-corrected chi connectivity index (χ2v) is 6.56. The zero-order valence-electron chi connectivity index (χ0n) is 10.3. The van der Waals surface area contributed by atoms with Crippen LogP contribution in [0.5, 0.6) is 0 Å². The van der Waals surface area contributed by atoms with E-state index < -0.39 is 15.6 Å². The van der Waals surface area contributed by atoms with Crippen LogP contribution < -0.4 is 10.0 Å². The maximum atomic E-state index is 12.0. The molecule has 0 saturated carbocycles. The number of hydrogen-bond acceptors (Lipinski definition) is 4. The number of benzene rings is 1. The lowest BCUT2D eigenvalue weighted by Crippen LogP contribution is -2.44. The summed E-state index contributed by atoms with van der Waals surface area (Å²) in [6, 6.07) is 6.63. The van der Waals surface area contributed by atoms with E-state index in [4.69, 9.17) is 0 Å². The van der Waals surface area contributed by atoms with Gasteiger partial charge in [-0.1, -0.05) is 17.7 Å². The molecule has 1 heterocycles. The van der Waals surface area contributed by atoms with Gasteiger partial charge in [0.15, 0.2) is 0 Å². The standard InChI is InChI=1S/C12H18N2O3S/c1-10-2-4-11(5-3-10)18(16,17)14-9-12(15)6-7-13-8-12/h2-5,13-15H,6-9H2,1H3.